The maximum atomic E-state index is 11.5. The predicted octanol–water partition coefficient (Wildman–Crippen LogP) is 3.48. The summed E-state index contributed by atoms with van der Waals surface area (Å²) in [5, 5.41) is 9.43. The molecular weight excluding hydrogens is 266 g/mol. The number of rotatable bonds is 7. The number of benzene rings is 1. The van der Waals surface area contributed by atoms with Crippen LogP contribution in [0.2, 0.25) is 0 Å². The van der Waals surface area contributed by atoms with Crippen molar-refractivity contribution in [1.82, 2.24) is 4.90 Å². The van der Waals surface area contributed by atoms with Gasteiger partial charge in [-0.1, -0.05) is 31.9 Å². The molecule has 0 amide bonds. The summed E-state index contributed by atoms with van der Waals surface area (Å²) in [5.41, 5.74) is 1.19. The molecule has 116 valence electrons. The van der Waals surface area contributed by atoms with Crippen LogP contribution in [0.4, 0.5) is 0 Å². The summed E-state index contributed by atoms with van der Waals surface area (Å²) in [4.78, 5) is 13.6. The molecule has 1 aromatic carbocycles. The summed E-state index contributed by atoms with van der Waals surface area (Å²) in [7, 11) is 1.66. The van der Waals surface area contributed by atoms with Gasteiger partial charge < -0.3 is 9.84 Å². The highest BCUT2D eigenvalue weighted by Crippen LogP contribution is 2.34. The maximum Gasteiger partial charge on any atom is 0.320 e. The van der Waals surface area contributed by atoms with E-state index in [9.17, 15) is 9.90 Å². The van der Waals surface area contributed by atoms with Gasteiger partial charge in [-0.05, 0) is 43.5 Å². The van der Waals surface area contributed by atoms with Gasteiger partial charge in [0.25, 0.3) is 0 Å². The second-order valence-corrected chi connectivity index (χ2v) is 5.67. The lowest BCUT2D eigenvalue weighted by atomic mass is 9.98. The van der Waals surface area contributed by atoms with Gasteiger partial charge in [0.2, 0.25) is 0 Å². The Bertz CT molecular complexity index is 458. The first kappa shape index (κ1) is 15.8. The van der Waals surface area contributed by atoms with Crippen molar-refractivity contribution in [3.63, 3.8) is 0 Å². The molecule has 0 radical (unpaired) electrons. The molecule has 4 heteroatoms. The summed E-state index contributed by atoms with van der Waals surface area (Å²) in [6.45, 7) is 3.04. The Hall–Kier alpha value is -1.55. The highest BCUT2D eigenvalue weighted by molar-refractivity contribution is 5.73. The number of hydrogen-bond donors (Lipinski definition) is 1. The van der Waals surface area contributed by atoms with Crippen molar-refractivity contribution in [3.05, 3.63) is 29.8 Å². The van der Waals surface area contributed by atoms with Crippen LogP contribution in [0.1, 0.15) is 50.6 Å². The van der Waals surface area contributed by atoms with Crippen molar-refractivity contribution in [3.8, 4) is 5.75 Å². The normalized spacial score (nSPS) is 20.4. The molecule has 1 N–H and O–H groups in total. The number of aliphatic carboxylic acids is 1. The molecule has 4 nitrogen and oxygen atoms in total. The number of nitrogens with zero attached hydrogens (tertiary/aromatic N) is 1. The molecule has 0 bridgehead atoms. The molecule has 1 aliphatic heterocycles. The van der Waals surface area contributed by atoms with Crippen LogP contribution < -0.4 is 4.74 Å². The highest BCUT2D eigenvalue weighted by Gasteiger charge is 2.35. The Kier molecular flexibility index (Phi) is 5.62. The van der Waals surface area contributed by atoms with E-state index >= 15 is 0 Å². The molecule has 21 heavy (non-hydrogen) atoms. The van der Waals surface area contributed by atoms with Crippen LogP contribution in [-0.2, 0) is 4.79 Å². The monoisotopic (exact) mass is 291 g/mol. The zero-order chi connectivity index (χ0) is 15.2. The molecule has 0 saturated carbocycles. The Morgan fingerprint density at radius 2 is 2.14 bits per heavy atom. The number of likely N-dealkylation sites (tertiary alicyclic amines) is 1. The number of hydrogen-bond acceptors (Lipinski definition) is 3. The minimum absolute atomic E-state index is 0.194. The van der Waals surface area contributed by atoms with E-state index in [1.807, 2.05) is 12.1 Å². The third-order valence-corrected chi connectivity index (χ3v) is 4.31. The fourth-order valence-electron chi connectivity index (χ4n) is 3.17. The molecule has 1 saturated heterocycles. The SMILES string of the molecule is CCCCC(c1ccc(OC)cc1)N1CCCC1C(=O)O. The lowest BCUT2D eigenvalue weighted by molar-refractivity contribution is -0.143. The summed E-state index contributed by atoms with van der Waals surface area (Å²) in [6.07, 6.45) is 4.97. The van der Waals surface area contributed by atoms with Gasteiger partial charge in [0.15, 0.2) is 0 Å². The van der Waals surface area contributed by atoms with Crippen LogP contribution in [0, 0.1) is 0 Å². The second kappa shape index (κ2) is 7.46. The van der Waals surface area contributed by atoms with Gasteiger partial charge in [-0.15, -0.1) is 0 Å². The largest absolute Gasteiger partial charge is 0.497 e. The van der Waals surface area contributed by atoms with E-state index in [1.54, 1.807) is 7.11 Å². The summed E-state index contributed by atoms with van der Waals surface area (Å²) in [6, 6.07) is 7.90. The van der Waals surface area contributed by atoms with E-state index in [1.165, 1.54) is 5.56 Å². The summed E-state index contributed by atoms with van der Waals surface area (Å²) in [5.74, 6) is 0.145. The van der Waals surface area contributed by atoms with Crippen molar-refractivity contribution in [2.45, 2.75) is 51.1 Å². The lowest BCUT2D eigenvalue weighted by Gasteiger charge is -2.31. The molecule has 0 aromatic heterocycles. The van der Waals surface area contributed by atoms with Crippen LogP contribution in [0.25, 0.3) is 0 Å². The Morgan fingerprint density at radius 1 is 1.43 bits per heavy atom. The molecule has 2 rings (SSSR count). The number of ether oxygens (including phenoxy) is 1. The molecule has 1 fully saturated rings. The van der Waals surface area contributed by atoms with Gasteiger partial charge in [-0.25, -0.2) is 0 Å². The van der Waals surface area contributed by atoms with E-state index in [-0.39, 0.29) is 12.1 Å². The first-order chi connectivity index (χ1) is 10.2. The average Bonchev–Trinajstić information content (AvgIpc) is 2.98. The van der Waals surface area contributed by atoms with E-state index in [0.29, 0.717) is 0 Å². The van der Waals surface area contributed by atoms with Gasteiger partial charge in [-0.2, -0.15) is 0 Å². The molecule has 2 atom stereocenters. The van der Waals surface area contributed by atoms with Crippen LogP contribution in [-0.4, -0.2) is 35.7 Å². The molecule has 2 unspecified atom stereocenters. The number of carbonyl (C=O) groups is 1. The topological polar surface area (TPSA) is 49.8 Å². The van der Waals surface area contributed by atoms with Crippen molar-refractivity contribution in [2.24, 2.45) is 0 Å². The zero-order valence-electron chi connectivity index (χ0n) is 12.9. The summed E-state index contributed by atoms with van der Waals surface area (Å²) < 4.78 is 5.21. The van der Waals surface area contributed by atoms with Gasteiger partial charge in [-0.3, -0.25) is 9.69 Å². The first-order valence-corrected chi connectivity index (χ1v) is 7.80. The third kappa shape index (κ3) is 3.76. The lowest BCUT2D eigenvalue weighted by Crippen LogP contribution is -2.38. The third-order valence-electron chi connectivity index (χ3n) is 4.31. The van der Waals surface area contributed by atoms with Crippen molar-refractivity contribution < 1.29 is 14.6 Å². The van der Waals surface area contributed by atoms with Crippen LogP contribution in [0.15, 0.2) is 24.3 Å². The Labute approximate surface area is 126 Å². The highest BCUT2D eigenvalue weighted by atomic mass is 16.5. The van der Waals surface area contributed by atoms with Gasteiger partial charge in [0.05, 0.1) is 7.11 Å². The number of carboxylic acid groups (broad SMARTS) is 1. The minimum Gasteiger partial charge on any atom is -0.497 e. The quantitative estimate of drug-likeness (QED) is 0.835. The van der Waals surface area contributed by atoms with E-state index in [0.717, 1.165) is 44.4 Å². The summed E-state index contributed by atoms with van der Waals surface area (Å²) >= 11 is 0. The van der Waals surface area contributed by atoms with Crippen LogP contribution in [0.5, 0.6) is 5.75 Å². The Balaban J connectivity index is 2.22. The van der Waals surface area contributed by atoms with Crippen LogP contribution in [0.3, 0.4) is 0 Å². The van der Waals surface area contributed by atoms with Crippen LogP contribution >= 0.6 is 0 Å². The number of methoxy groups -OCH3 is 1. The fourth-order valence-corrected chi connectivity index (χ4v) is 3.17. The first-order valence-electron chi connectivity index (χ1n) is 7.80. The predicted molar refractivity (Wildman–Crippen MR) is 82.6 cm³/mol. The standard InChI is InChI=1S/C17H25NO3/c1-3-4-6-15(13-8-10-14(21-2)11-9-13)18-12-5-7-16(18)17(19)20/h8-11,15-16H,3-7,12H2,1-2H3,(H,19,20). The Morgan fingerprint density at radius 3 is 2.71 bits per heavy atom. The second-order valence-electron chi connectivity index (χ2n) is 5.67. The average molecular weight is 291 g/mol. The molecule has 1 aromatic rings. The van der Waals surface area contributed by atoms with Crippen molar-refractivity contribution in [2.75, 3.05) is 13.7 Å². The van der Waals surface area contributed by atoms with E-state index < -0.39 is 5.97 Å². The maximum absolute atomic E-state index is 11.5. The van der Waals surface area contributed by atoms with Crippen molar-refractivity contribution in [1.29, 1.82) is 0 Å². The van der Waals surface area contributed by atoms with Gasteiger partial charge >= 0.3 is 5.97 Å². The molecule has 1 aliphatic rings. The number of carboxylic acids is 1. The molecule has 0 spiro atoms. The zero-order valence-corrected chi connectivity index (χ0v) is 12.9. The van der Waals surface area contributed by atoms with Gasteiger partial charge in [0.1, 0.15) is 11.8 Å². The van der Waals surface area contributed by atoms with Crippen molar-refractivity contribution >= 4 is 5.97 Å². The fraction of sp³-hybridized carbons (Fsp3) is 0.588. The minimum atomic E-state index is -0.692. The molecule has 0 aliphatic carbocycles. The molecule has 1 heterocycles. The van der Waals surface area contributed by atoms with E-state index in [4.69, 9.17) is 4.74 Å². The molecular formula is C17H25NO3. The number of unbranched alkanes of at least 4 members (excludes halogenated alkanes) is 1. The smallest absolute Gasteiger partial charge is 0.320 e. The van der Waals surface area contributed by atoms with E-state index in [2.05, 4.69) is 24.0 Å². The van der Waals surface area contributed by atoms with Gasteiger partial charge in [0, 0.05) is 6.04 Å².